The van der Waals surface area contributed by atoms with Gasteiger partial charge in [-0.15, -0.1) is 0 Å². The predicted molar refractivity (Wildman–Crippen MR) is 101 cm³/mol. The van der Waals surface area contributed by atoms with Crippen molar-refractivity contribution in [3.8, 4) is 22.4 Å². The zero-order chi connectivity index (χ0) is 20.3. The van der Waals surface area contributed by atoms with Crippen LogP contribution in [0.15, 0.2) is 67.4 Å². The van der Waals surface area contributed by atoms with E-state index in [1.807, 2.05) is 6.07 Å². The van der Waals surface area contributed by atoms with E-state index in [9.17, 15) is 18.0 Å². The molecule has 0 unspecified atom stereocenters. The first-order valence-electron chi connectivity index (χ1n) is 8.49. The molecule has 3 rings (SSSR count). The van der Waals surface area contributed by atoms with Gasteiger partial charge in [0.1, 0.15) is 0 Å². The van der Waals surface area contributed by atoms with Crippen LogP contribution in [0.25, 0.3) is 22.4 Å². The number of carbonyl (C=O) groups excluding carboxylic acids is 1. The minimum Gasteiger partial charge on any atom is -0.348 e. The minimum atomic E-state index is -4.41. The Labute approximate surface area is 160 Å². The molecule has 0 bridgehead atoms. The van der Waals surface area contributed by atoms with E-state index in [-0.39, 0.29) is 12.5 Å². The van der Waals surface area contributed by atoms with Gasteiger partial charge in [-0.3, -0.25) is 9.48 Å². The third-order valence-electron chi connectivity index (χ3n) is 4.26. The SMILES string of the molecule is C=CC(=O)NCc1ccc(-c2cccc(C(F)(F)F)c2)cc1-c1ccn(C)n1. The van der Waals surface area contributed by atoms with E-state index in [4.69, 9.17) is 0 Å². The normalized spacial score (nSPS) is 11.3. The highest BCUT2D eigenvalue weighted by Gasteiger charge is 2.30. The molecule has 0 spiro atoms. The van der Waals surface area contributed by atoms with Crippen LogP contribution in [0.4, 0.5) is 13.2 Å². The molecule has 0 saturated heterocycles. The summed E-state index contributed by atoms with van der Waals surface area (Å²) in [5.74, 6) is -0.311. The fourth-order valence-electron chi connectivity index (χ4n) is 2.84. The van der Waals surface area contributed by atoms with E-state index in [2.05, 4.69) is 17.0 Å². The molecule has 1 aromatic heterocycles. The number of aromatic nitrogens is 2. The first kappa shape index (κ1) is 19.4. The molecule has 1 N–H and O–H groups in total. The van der Waals surface area contributed by atoms with Crippen LogP contribution in [-0.4, -0.2) is 15.7 Å². The van der Waals surface area contributed by atoms with E-state index in [0.717, 1.165) is 23.3 Å². The molecule has 0 atom stereocenters. The van der Waals surface area contributed by atoms with E-state index >= 15 is 0 Å². The summed E-state index contributed by atoms with van der Waals surface area (Å²) in [6.45, 7) is 3.67. The lowest BCUT2D eigenvalue weighted by atomic mass is 9.96. The van der Waals surface area contributed by atoms with Gasteiger partial charge in [0.25, 0.3) is 0 Å². The summed E-state index contributed by atoms with van der Waals surface area (Å²) < 4.78 is 40.8. The van der Waals surface area contributed by atoms with Gasteiger partial charge in [0.2, 0.25) is 5.91 Å². The number of hydrogen-bond acceptors (Lipinski definition) is 2. The van der Waals surface area contributed by atoms with Crippen molar-refractivity contribution < 1.29 is 18.0 Å². The summed E-state index contributed by atoms with van der Waals surface area (Å²) in [5.41, 5.74) is 2.58. The zero-order valence-electron chi connectivity index (χ0n) is 15.1. The Balaban J connectivity index is 2.05. The quantitative estimate of drug-likeness (QED) is 0.654. The summed E-state index contributed by atoms with van der Waals surface area (Å²) >= 11 is 0. The maximum atomic E-state index is 13.0. The second-order valence-corrected chi connectivity index (χ2v) is 6.25. The smallest absolute Gasteiger partial charge is 0.348 e. The summed E-state index contributed by atoms with van der Waals surface area (Å²) in [5, 5.41) is 7.10. The van der Waals surface area contributed by atoms with Crippen LogP contribution < -0.4 is 5.32 Å². The Kier molecular flexibility index (Phi) is 5.35. The fourth-order valence-corrected chi connectivity index (χ4v) is 2.84. The standard InChI is InChI=1S/C21H18F3N3O/c1-3-20(28)25-13-16-8-7-15(12-18(16)19-9-10-27(2)26-19)14-5-4-6-17(11-14)21(22,23)24/h3-12H,1,13H2,2H3,(H,25,28). The molecule has 4 nitrogen and oxygen atoms in total. The lowest BCUT2D eigenvalue weighted by molar-refractivity contribution is -0.137. The second-order valence-electron chi connectivity index (χ2n) is 6.25. The highest BCUT2D eigenvalue weighted by molar-refractivity contribution is 5.87. The van der Waals surface area contributed by atoms with Crippen LogP contribution in [0.5, 0.6) is 0 Å². The van der Waals surface area contributed by atoms with Crippen LogP contribution in [0.3, 0.4) is 0 Å². The van der Waals surface area contributed by atoms with Crippen LogP contribution in [0.2, 0.25) is 0 Å². The van der Waals surface area contributed by atoms with Crippen molar-refractivity contribution >= 4 is 5.91 Å². The fraction of sp³-hybridized carbons (Fsp3) is 0.143. The van der Waals surface area contributed by atoms with E-state index in [0.29, 0.717) is 16.8 Å². The van der Waals surface area contributed by atoms with E-state index < -0.39 is 11.7 Å². The molecule has 0 aliphatic heterocycles. The summed E-state index contributed by atoms with van der Waals surface area (Å²) in [4.78, 5) is 11.5. The number of nitrogens with zero attached hydrogens (tertiary/aromatic N) is 2. The van der Waals surface area contributed by atoms with Gasteiger partial charge >= 0.3 is 6.18 Å². The Morgan fingerprint density at radius 2 is 1.93 bits per heavy atom. The van der Waals surface area contributed by atoms with Crippen LogP contribution >= 0.6 is 0 Å². The van der Waals surface area contributed by atoms with Gasteiger partial charge in [-0.25, -0.2) is 0 Å². The third kappa shape index (κ3) is 4.31. The van der Waals surface area contributed by atoms with Crippen molar-refractivity contribution in [2.24, 2.45) is 7.05 Å². The maximum Gasteiger partial charge on any atom is 0.416 e. The predicted octanol–water partition coefficient (Wildman–Crippen LogP) is 4.58. The van der Waals surface area contributed by atoms with Crippen molar-refractivity contribution in [3.63, 3.8) is 0 Å². The third-order valence-corrected chi connectivity index (χ3v) is 4.26. The number of benzene rings is 2. The molecule has 3 aromatic rings. The van der Waals surface area contributed by atoms with Crippen molar-refractivity contribution in [1.29, 1.82) is 0 Å². The molecule has 2 aromatic carbocycles. The van der Waals surface area contributed by atoms with E-state index in [1.165, 1.54) is 12.1 Å². The summed E-state index contributed by atoms with van der Waals surface area (Å²) in [6.07, 6.45) is -1.45. The summed E-state index contributed by atoms with van der Waals surface area (Å²) in [7, 11) is 1.78. The number of rotatable bonds is 5. The molecular formula is C21H18F3N3O. The molecule has 0 aliphatic carbocycles. The first-order chi connectivity index (χ1) is 13.3. The molecule has 1 heterocycles. The number of hydrogen-bond donors (Lipinski definition) is 1. The Hall–Kier alpha value is -3.35. The van der Waals surface area contributed by atoms with Gasteiger partial charge < -0.3 is 5.32 Å². The Morgan fingerprint density at radius 3 is 2.57 bits per heavy atom. The van der Waals surface area contributed by atoms with Crippen LogP contribution in [0, 0.1) is 0 Å². The van der Waals surface area contributed by atoms with Gasteiger partial charge in [-0.2, -0.15) is 18.3 Å². The van der Waals surface area contributed by atoms with Crippen molar-refractivity contribution in [3.05, 3.63) is 78.5 Å². The number of aryl methyl sites for hydroxylation is 1. The van der Waals surface area contributed by atoms with Crippen LogP contribution in [0.1, 0.15) is 11.1 Å². The average Bonchev–Trinajstić information content (AvgIpc) is 3.11. The number of amides is 1. The van der Waals surface area contributed by atoms with Crippen molar-refractivity contribution in [2.45, 2.75) is 12.7 Å². The lowest BCUT2D eigenvalue weighted by Gasteiger charge is -2.13. The van der Waals surface area contributed by atoms with Gasteiger partial charge in [-0.05, 0) is 47.0 Å². The topological polar surface area (TPSA) is 46.9 Å². The Bertz CT molecular complexity index is 1020. The molecule has 0 aliphatic rings. The monoisotopic (exact) mass is 385 g/mol. The molecule has 0 radical (unpaired) electrons. The minimum absolute atomic E-state index is 0.250. The van der Waals surface area contributed by atoms with Crippen LogP contribution in [-0.2, 0) is 24.6 Å². The molecule has 28 heavy (non-hydrogen) atoms. The molecule has 144 valence electrons. The molecule has 0 saturated carbocycles. The Morgan fingerprint density at radius 1 is 1.18 bits per heavy atom. The number of alkyl halides is 3. The van der Waals surface area contributed by atoms with Gasteiger partial charge in [-0.1, -0.05) is 30.8 Å². The molecular weight excluding hydrogens is 367 g/mol. The van der Waals surface area contributed by atoms with Crippen molar-refractivity contribution in [2.75, 3.05) is 0 Å². The van der Waals surface area contributed by atoms with E-state index in [1.54, 1.807) is 42.2 Å². The average molecular weight is 385 g/mol. The largest absolute Gasteiger partial charge is 0.416 e. The maximum absolute atomic E-state index is 13.0. The number of halogens is 3. The van der Waals surface area contributed by atoms with Crippen molar-refractivity contribution in [1.82, 2.24) is 15.1 Å². The highest BCUT2D eigenvalue weighted by Crippen LogP contribution is 2.34. The second kappa shape index (κ2) is 7.72. The first-order valence-corrected chi connectivity index (χ1v) is 8.49. The van der Waals surface area contributed by atoms with Gasteiger partial charge in [0.15, 0.2) is 0 Å². The number of nitrogens with one attached hydrogen (secondary N) is 1. The van der Waals surface area contributed by atoms with Gasteiger partial charge in [0.05, 0.1) is 11.3 Å². The molecule has 7 heteroatoms. The molecule has 0 fully saturated rings. The lowest BCUT2D eigenvalue weighted by Crippen LogP contribution is -2.20. The highest BCUT2D eigenvalue weighted by atomic mass is 19.4. The zero-order valence-corrected chi connectivity index (χ0v) is 15.1. The summed E-state index contributed by atoms with van der Waals surface area (Å²) in [6, 6.07) is 12.3. The van der Waals surface area contributed by atoms with Gasteiger partial charge in [0, 0.05) is 25.4 Å². The molecule has 1 amide bonds. The number of carbonyl (C=O) groups is 1.